The molecule has 1 aliphatic rings. The highest BCUT2D eigenvalue weighted by Crippen LogP contribution is 2.23. The van der Waals surface area contributed by atoms with E-state index in [1.54, 1.807) is 18.9 Å². The Balaban J connectivity index is 1.08. The van der Waals surface area contributed by atoms with Crippen LogP contribution >= 0.6 is 11.8 Å². The van der Waals surface area contributed by atoms with E-state index in [9.17, 15) is 4.79 Å². The van der Waals surface area contributed by atoms with Gasteiger partial charge in [0, 0.05) is 61.3 Å². The van der Waals surface area contributed by atoms with E-state index < -0.39 is 0 Å². The number of benzene rings is 2. The highest BCUT2D eigenvalue weighted by molar-refractivity contribution is 7.98. The van der Waals surface area contributed by atoms with Crippen LogP contribution in [0.25, 0.3) is 5.65 Å². The lowest BCUT2D eigenvalue weighted by Gasteiger charge is -2.34. The van der Waals surface area contributed by atoms with Crippen LogP contribution in [0.4, 0.5) is 0 Å². The summed E-state index contributed by atoms with van der Waals surface area (Å²) in [6, 6.07) is 22.3. The molecule has 0 bridgehead atoms. The van der Waals surface area contributed by atoms with Crippen molar-refractivity contribution < 1.29 is 9.53 Å². The molecule has 35 heavy (non-hydrogen) atoms. The number of hydrogen-bond donors (Lipinski definition) is 0. The Labute approximate surface area is 210 Å². The average Bonchev–Trinajstić information content (AvgIpc) is 3.34. The molecule has 1 aliphatic heterocycles. The lowest BCUT2D eigenvalue weighted by atomic mass is 10.1. The molecule has 1 fully saturated rings. The maximum atomic E-state index is 13.0. The van der Waals surface area contributed by atoms with Gasteiger partial charge in [-0.3, -0.25) is 9.69 Å². The second-order valence-electron chi connectivity index (χ2n) is 8.74. The number of hydrogen-bond acceptors (Lipinski definition) is 5. The van der Waals surface area contributed by atoms with Gasteiger partial charge >= 0.3 is 0 Å². The molecule has 0 saturated carbocycles. The van der Waals surface area contributed by atoms with E-state index in [4.69, 9.17) is 4.74 Å². The highest BCUT2D eigenvalue weighted by atomic mass is 32.2. The molecule has 0 unspecified atom stereocenters. The molecule has 0 N–H and O–H groups in total. The number of methoxy groups -OCH3 is 1. The van der Waals surface area contributed by atoms with Crippen LogP contribution in [0.5, 0.6) is 5.75 Å². The Bertz CT molecular complexity index is 1230. The molecule has 0 radical (unpaired) electrons. The number of rotatable bonds is 8. The first kappa shape index (κ1) is 23.5. The zero-order chi connectivity index (χ0) is 24.0. The van der Waals surface area contributed by atoms with Gasteiger partial charge in [0.05, 0.1) is 12.8 Å². The normalized spacial score (nSPS) is 14.4. The highest BCUT2D eigenvalue weighted by Gasteiger charge is 2.22. The predicted octanol–water partition coefficient (Wildman–Crippen LogP) is 4.64. The van der Waals surface area contributed by atoms with Crippen molar-refractivity contribution in [2.45, 2.75) is 17.1 Å². The molecule has 2 aromatic heterocycles. The van der Waals surface area contributed by atoms with Crippen LogP contribution in [0.15, 0.2) is 84.0 Å². The maximum Gasteiger partial charge on any atom is 0.253 e. The van der Waals surface area contributed by atoms with Crippen LogP contribution in [0, 0.1) is 0 Å². The van der Waals surface area contributed by atoms with Crippen molar-refractivity contribution in [3.8, 4) is 5.75 Å². The minimum atomic E-state index is 0.122. The topological polar surface area (TPSA) is 50.1 Å². The summed E-state index contributed by atoms with van der Waals surface area (Å²) in [6.45, 7) is 4.37. The smallest absolute Gasteiger partial charge is 0.253 e. The fourth-order valence-corrected chi connectivity index (χ4v) is 5.13. The number of fused-ring (bicyclic) bond motifs is 1. The first-order valence-corrected chi connectivity index (χ1v) is 13.0. The van der Waals surface area contributed by atoms with Crippen LogP contribution in [0.2, 0.25) is 0 Å². The van der Waals surface area contributed by atoms with Crippen LogP contribution in [-0.2, 0) is 12.2 Å². The third-order valence-electron chi connectivity index (χ3n) is 6.44. The number of piperazine rings is 1. The molecule has 5 rings (SSSR count). The van der Waals surface area contributed by atoms with Crippen molar-refractivity contribution in [2.24, 2.45) is 0 Å². The summed E-state index contributed by atoms with van der Waals surface area (Å²) in [5, 5.41) is 0. The van der Waals surface area contributed by atoms with E-state index in [-0.39, 0.29) is 5.91 Å². The third kappa shape index (κ3) is 5.86. The molecule has 2 aromatic carbocycles. The fourth-order valence-electron chi connectivity index (χ4n) is 4.34. The summed E-state index contributed by atoms with van der Waals surface area (Å²) >= 11 is 1.74. The van der Waals surface area contributed by atoms with Crippen LogP contribution in [-0.4, -0.2) is 64.9 Å². The average molecular weight is 487 g/mol. The van der Waals surface area contributed by atoms with Gasteiger partial charge in [-0.05, 0) is 60.5 Å². The third-order valence-corrected chi connectivity index (χ3v) is 7.48. The number of amides is 1. The summed E-state index contributed by atoms with van der Waals surface area (Å²) in [5.41, 5.74) is 4.08. The first-order chi connectivity index (χ1) is 17.2. The SMILES string of the molecule is COc1ccc(CCN2CCN(C(=O)c3ccc(SCc4cn5ccccc5n4)cc3)CC2)cc1. The van der Waals surface area contributed by atoms with Gasteiger partial charge in [0.15, 0.2) is 0 Å². The van der Waals surface area contributed by atoms with Gasteiger partial charge in [-0.1, -0.05) is 18.2 Å². The van der Waals surface area contributed by atoms with Crippen LogP contribution < -0.4 is 4.74 Å². The van der Waals surface area contributed by atoms with Gasteiger partial charge in [0.2, 0.25) is 0 Å². The standard InChI is InChI=1S/C28H30N4O2S/c1-34-25-9-5-22(6-10-25)13-15-30-16-18-31(19-17-30)28(33)23-7-11-26(12-8-23)35-21-24-20-32-14-3-2-4-27(32)29-24/h2-12,14,20H,13,15-19,21H2,1H3. The molecule has 0 aliphatic carbocycles. The molecule has 6 nitrogen and oxygen atoms in total. The second kappa shape index (κ2) is 11.0. The Morgan fingerprint density at radius 3 is 2.46 bits per heavy atom. The van der Waals surface area contributed by atoms with Crippen molar-refractivity contribution >= 4 is 23.3 Å². The molecule has 1 amide bonds. The minimum Gasteiger partial charge on any atom is -0.497 e. The molecule has 1 saturated heterocycles. The number of pyridine rings is 1. The quantitative estimate of drug-likeness (QED) is 0.340. The van der Waals surface area contributed by atoms with Crippen molar-refractivity contribution in [1.29, 1.82) is 0 Å². The van der Waals surface area contributed by atoms with Gasteiger partial charge in [-0.15, -0.1) is 11.8 Å². The van der Waals surface area contributed by atoms with Crippen molar-refractivity contribution in [3.05, 3.63) is 95.9 Å². The number of aromatic nitrogens is 2. The molecule has 0 spiro atoms. The Morgan fingerprint density at radius 1 is 0.971 bits per heavy atom. The Kier molecular flexibility index (Phi) is 7.35. The van der Waals surface area contributed by atoms with Crippen molar-refractivity contribution in [3.63, 3.8) is 0 Å². The van der Waals surface area contributed by atoms with Crippen LogP contribution in [0.1, 0.15) is 21.6 Å². The van der Waals surface area contributed by atoms with Crippen molar-refractivity contribution in [2.75, 3.05) is 39.8 Å². The number of carbonyl (C=O) groups excluding carboxylic acids is 1. The lowest BCUT2D eigenvalue weighted by Crippen LogP contribution is -2.49. The number of ether oxygens (including phenoxy) is 1. The molecule has 180 valence electrons. The molecular weight excluding hydrogens is 456 g/mol. The summed E-state index contributed by atoms with van der Waals surface area (Å²) in [7, 11) is 1.69. The van der Waals surface area contributed by atoms with E-state index >= 15 is 0 Å². The van der Waals surface area contributed by atoms with Crippen LogP contribution in [0.3, 0.4) is 0 Å². The molecule has 4 aromatic rings. The zero-order valence-corrected chi connectivity index (χ0v) is 20.8. The lowest BCUT2D eigenvalue weighted by molar-refractivity contribution is 0.0638. The number of carbonyl (C=O) groups is 1. The largest absolute Gasteiger partial charge is 0.497 e. The van der Waals surface area contributed by atoms with Gasteiger partial charge in [-0.25, -0.2) is 4.98 Å². The summed E-state index contributed by atoms with van der Waals surface area (Å²) in [4.78, 5) is 23.2. The van der Waals surface area contributed by atoms with E-state index in [0.29, 0.717) is 0 Å². The first-order valence-electron chi connectivity index (χ1n) is 12.0. The number of imidazole rings is 1. The minimum absolute atomic E-state index is 0.122. The maximum absolute atomic E-state index is 13.0. The molecule has 7 heteroatoms. The molecule has 3 heterocycles. The van der Waals surface area contributed by atoms with Gasteiger partial charge in [0.1, 0.15) is 11.4 Å². The summed E-state index contributed by atoms with van der Waals surface area (Å²) < 4.78 is 7.27. The number of thioether (sulfide) groups is 1. The Hall–Kier alpha value is -3.29. The van der Waals surface area contributed by atoms with E-state index in [2.05, 4.69) is 28.2 Å². The van der Waals surface area contributed by atoms with E-state index in [0.717, 1.165) is 72.4 Å². The zero-order valence-electron chi connectivity index (χ0n) is 20.0. The Morgan fingerprint density at radius 2 is 1.74 bits per heavy atom. The van der Waals surface area contributed by atoms with Gasteiger partial charge in [0.25, 0.3) is 5.91 Å². The summed E-state index contributed by atoms with van der Waals surface area (Å²) in [5.74, 6) is 1.81. The monoisotopic (exact) mass is 486 g/mol. The molecule has 0 atom stereocenters. The van der Waals surface area contributed by atoms with Crippen molar-refractivity contribution in [1.82, 2.24) is 19.2 Å². The van der Waals surface area contributed by atoms with Gasteiger partial charge < -0.3 is 14.0 Å². The fraction of sp³-hybridized carbons (Fsp3) is 0.286. The summed E-state index contributed by atoms with van der Waals surface area (Å²) in [6.07, 6.45) is 5.08. The molecular formula is C28H30N4O2S. The number of nitrogens with zero attached hydrogens (tertiary/aromatic N) is 4. The van der Waals surface area contributed by atoms with Gasteiger partial charge in [-0.2, -0.15) is 0 Å². The van der Waals surface area contributed by atoms with E-state index in [1.165, 1.54) is 5.56 Å². The second-order valence-corrected chi connectivity index (χ2v) is 9.79. The predicted molar refractivity (Wildman–Crippen MR) is 140 cm³/mol. The van der Waals surface area contributed by atoms with E-state index in [1.807, 2.05) is 70.1 Å².